The van der Waals surface area contributed by atoms with Gasteiger partial charge in [0, 0.05) is 0 Å². The quantitative estimate of drug-likeness (QED) is 0.571. The second kappa shape index (κ2) is 9.75. The van der Waals surface area contributed by atoms with Crippen LogP contribution in [0.15, 0.2) is 0 Å². The zero-order valence-corrected chi connectivity index (χ0v) is 13.7. The molecule has 1 fully saturated rings. The minimum Gasteiger partial charge on any atom is -0.393 e. The largest absolute Gasteiger partial charge is 0.393 e. The van der Waals surface area contributed by atoms with Crippen molar-refractivity contribution in [3.63, 3.8) is 0 Å². The molecule has 3 heteroatoms. The molecule has 0 bridgehead atoms. The van der Waals surface area contributed by atoms with Crippen LogP contribution in [0.1, 0.15) is 85.0 Å². The van der Waals surface area contributed by atoms with Crippen LogP contribution in [0.5, 0.6) is 0 Å². The van der Waals surface area contributed by atoms with E-state index in [4.69, 9.17) is 9.47 Å². The minimum atomic E-state index is -0.415. The third kappa shape index (κ3) is 8.23. The monoisotopic (exact) mass is 286 g/mol. The summed E-state index contributed by atoms with van der Waals surface area (Å²) in [7, 11) is 0. The molecule has 1 saturated heterocycles. The SMILES string of the molecule is CCCCCCCCC(O)CCC[C@H]1COC(C)(C)O1. The van der Waals surface area contributed by atoms with E-state index in [2.05, 4.69) is 6.92 Å². The summed E-state index contributed by atoms with van der Waals surface area (Å²) < 4.78 is 11.3. The van der Waals surface area contributed by atoms with E-state index in [1.165, 1.54) is 38.5 Å². The normalized spacial score (nSPS) is 23.1. The van der Waals surface area contributed by atoms with Gasteiger partial charge in [0.05, 0.1) is 18.8 Å². The third-order valence-electron chi connectivity index (χ3n) is 4.02. The lowest BCUT2D eigenvalue weighted by molar-refractivity contribution is -0.139. The summed E-state index contributed by atoms with van der Waals surface area (Å²) in [5.41, 5.74) is 0. The van der Waals surface area contributed by atoms with E-state index < -0.39 is 5.79 Å². The van der Waals surface area contributed by atoms with Crippen LogP contribution in [0.25, 0.3) is 0 Å². The Morgan fingerprint density at radius 3 is 2.35 bits per heavy atom. The van der Waals surface area contributed by atoms with Gasteiger partial charge in [0.15, 0.2) is 5.79 Å². The molecule has 0 aromatic heterocycles. The van der Waals surface area contributed by atoms with Gasteiger partial charge in [-0.25, -0.2) is 0 Å². The smallest absolute Gasteiger partial charge is 0.163 e. The van der Waals surface area contributed by atoms with E-state index in [-0.39, 0.29) is 12.2 Å². The molecule has 2 atom stereocenters. The zero-order valence-electron chi connectivity index (χ0n) is 13.7. The predicted octanol–water partition coefficient (Wildman–Crippen LogP) is 4.42. The van der Waals surface area contributed by atoms with Crippen molar-refractivity contribution in [3.8, 4) is 0 Å². The summed E-state index contributed by atoms with van der Waals surface area (Å²) in [6, 6.07) is 0. The maximum Gasteiger partial charge on any atom is 0.163 e. The van der Waals surface area contributed by atoms with Gasteiger partial charge < -0.3 is 14.6 Å². The van der Waals surface area contributed by atoms with Crippen molar-refractivity contribution in [3.05, 3.63) is 0 Å². The van der Waals surface area contributed by atoms with Gasteiger partial charge in [0.25, 0.3) is 0 Å². The van der Waals surface area contributed by atoms with Crippen LogP contribution in [0, 0.1) is 0 Å². The number of unbranched alkanes of at least 4 members (excludes halogenated alkanes) is 5. The highest BCUT2D eigenvalue weighted by atomic mass is 16.7. The molecule has 0 aromatic rings. The van der Waals surface area contributed by atoms with E-state index in [9.17, 15) is 5.11 Å². The number of aliphatic hydroxyl groups excluding tert-OH is 1. The number of hydrogen-bond acceptors (Lipinski definition) is 3. The minimum absolute atomic E-state index is 0.128. The molecule has 1 N–H and O–H groups in total. The van der Waals surface area contributed by atoms with Crippen molar-refractivity contribution in [2.24, 2.45) is 0 Å². The van der Waals surface area contributed by atoms with E-state index >= 15 is 0 Å². The zero-order chi connectivity index (χ0) is 14.8. The molecule has 1 rings (SSSR count). The maximum atomic E-state index is 9.96. The van der Waals surface area contributed by atoms with Crippen LogP contribution in [0.3, 0.4) is 0 Å². The summed E-state index contributed by atoms with van der Waals surface area (Å²) in [6.07, 6.45) is 11.7. The molecule has 0 amide bonds. The number of aliphatic hydroxyl groups is 1. The Morgan fingerprint density at radius 1 is 1.05 bits per heavy atom. The fourth-order valence-electron chi connectivity index (χ4n) is 2.79. The second-order valence-electron chi connectivity index (χ2n) is 6.59. The first-order valence-electron chi connectivity index (χ1n) is 8.53. The lowest BCUT2D eigenvalue weighted by Crippen LogP contribution is -2.21. The molecule has 0 radical (unpaired) electrons. The summed E-state index contributed by atoms with van der Waals surface area (Å²) in [5, 5.41) is 9.96. The number of hydrogen-bond donors (Lipinski definition) is 1. The van der Waals surface area contributed by atoms with Crippen LogP contribution < -0.4 is 0 Å². The summed E-state index contributed by atoms with van der Waals surface area (Å²) in [4.78, 5) is 0. The van der Waals surface area contributed by atoms with Crippen LogP contribution in [-0.2, 0) is 9.47 Å². The molecule has 1 unspecified atom stereocenters. The fraction of sp³-hybridized carbons (Fsp3) is 1.00. The van der Waals surface area contributed by atoms with Crippen molar-refractivity contribution in [1.82, 2.24) is 0 Å². The Bertz CT molecular complexity index is 240. The summed E-state index contributed by atoms with van der Waals surface area (Å²) in [5.74, 6) is -0.415. The topological polar surface area (TPSA) is 38.7 Å². The Hall–Kier alpha value is -0.120. The van der Waals surface area contributed by atoms with Gasteiger partial charge >= 0.3 is 0 Å². The lowest BCUT2D eigenvalue weighted by Gasteiger charge is -2.17. The first-order chi connectivity index (χ1) is 9.53. The van der Waals surface area contributed by atoms with Gasteiger partial charge in [0.1, 0.15) is 0 Å². The van der Waals surface area contributed by atoms with Crippen molar-refractivity contribution < 1.29 is 14.6 Å². The highest BCUT2D eigenvalue weighted by Crippen LogP contribution is 2.25. The Balaban J connectivity index is 1.91. The third-order valence-corrected chi connectivity index (χ3v) is 4.02. The first kappa shape index (κ1) is 17.9. The van der Waals surface area contributed by atoms with E-state index in [1.54, 1.807) is 0 Å². The van der Waals surface area contributed by atoms with Gasteiger partial charge in [-0.05, 0) is 39.5 Å². The number of rotatable bonds is 11. The molecule has 1 aliphatic heterocycles. The summed E-state index contributed by atoms with van der Waals surface area (Å²) in [6.45, 7) is 6.85. The van der Waals surface area contributed by atoms with Crippen molar-refractivity contribution in [1.29, 1.82) is 0 Å². The van der Waals surface area contributed by atoms with E-state index in [1.807, 2.05) is 13.8 Å². The van der Waals surface area contributed by atoms with Crippen LogP contribution in [-0.4, -0.2) is 29.7 Å². The predicted molar refractivity (Wildman–Crippen MR) is 82.8 cm³/mol. The van der Waals surface area contributed by atoms with E-state index in [0.29, 0.717) is 6.61 Å². The standard InChI is InChI=1S/C17H34O3/c1-4-5-6-7-8-9-11-15(18)12-10-13-16-14-19-17(2,3)20-16/h15-16,18H,4-14H2,1-3H3/t15?,16-/m0/s1. The van der Waals surface area contributed by atoms with E-state index in [0.717, 1.165) is 25.7 Å². The molecule has 0 spiro atoms. The molecule has 120 valence electrons. The molecule has 0 aromatic carbocycles. The average molecular weight is 286 g/mol. The molecule has 1 heterocycles. The molecule has 0 aliphatic carbocycles. The molecule has 20 heavy (non-hydrogen) atoms. The van der Waals surface area contributed by atoms with Gasteiger partial charge in [-0.3, -0.25) is 0 Å². The molecule has 3 nitrogen and oxygen atoms in total. The van der Waals surface area contributed by atoms with Crippen molar-refractivity contribution in [2.75, 3.05) is 6.61 Å². The van der Waals surface area contributed by atoms with Gasteiger partial charge in [-0.1, -0.05) is 45.4 Å². The first-order valence-corrected chi connectivity index (χ1v) is 8.53. The van der Waals surface area contributed by atoms with Gasteiger partial charge in [0.2, 0.25) is 0 Å². The number of ether oxygens (including phenoxy) is 2. The average Bonchev–Trinajstić information content (AvgIpc) is 2.73. The Morgan fingerprint density at radius 2 is 1.70 bits per heavy atom. The highest BCUT2D eigenvalue weighted by Gasteiger charge is 2.32. The summed E-state index contributed by atoms with van der Waals surface area (Å²) >= 11 is 0. The van der Waals surface area contributed by atoms with Crippen molar-refractivity contribution in [2.45, 2.75) is 103 Å². The fourth-order valence-corrected chi connectivity index (χ4v) is 2.79. The lowest BCUT2D eigenvalue weighted by atomic mass is 10.0. The maximum absolute atomic E-state index is 9.96. The van der Waals surface area contributed by atoms with Crippen LogP contribution in [0.2, 0.25) is 0 Å². The second-order valence-corrected chi connectivity index (χ2v) is 6.59. The molecule has 0 saturated carbocycles. The Labute approximate surface area is 125 Å². The highest BCUT2D eigenvalue weighted by molar-refractivity contribution is 4.71. The van der Waals surface area contributed by atoms with Crippen molar-refractivity contribution >= 4 is 0 Å². The molecular formula is C17H34O3. The van der Waals surface area contributed by atoms with Gasteiger partial charge in [-0.2, -0.15) is 0 Å². The molecular weight excluding hydrogens is 252 g/mol. The van der Waals surface area contributed by atoms with Crippen LogP contribution in [0.4, 0.5) is 0 Å². The van der Waals surface area contributed by atoms with Gasteiger partial charge in [-0.15, -0.1) is 0 Å². The molecule has 1 aliphatic rings. The van der Waals surface area contributed by atoms with Crippen LogP contribution >= 0.6 is 0 Å². The Kier molecular flexibility index (Phi) is 8.74.